The van der Waals surface area contributed by atoms with Crippen LogP contribution in [0.5, 0.6) is 0 Å². The lowest BCUT2D eigenvalue weighted by molar-refractivity contribution is -0.135. The number of carbonyl (C=O) groups is 1. The standard InChI is InChI=1S/C13H15FN2O2/c1-3-18-13(17)9(2)15-16-7-6-10-4-5-11(14)8-12(10)16/h4-5,8H,3,6-7H2,1-2H3/b15-9-. The zero-order valence-corrected chi connectivity index (χ0v) is 10.4. The second kappa shape index (κ2) is 5.16. The van der Waals surface area contributed by atoms with Crippen LogP contribution in [0.2, 0.25) is 0 Å². The normalized spacial score (nSPS) is 14.6. The van der Waals surface area contributed by atoms with E-state index < -0.39 is 5.97 Å². The number of nitrogens with zero attached hydrogens (tertiary/aromatic N) is 2. The average molecular weight is 250 g/mol. The first-order chi connectivity index (χ1) is 8.61. The van der Waals surface area contributed by atoms with Crippen LogP contribution < -0.4 is 5.01 Å². The number of fused-ring (bicyclic) bond motifs is 1. The highest BCUT2D eigenvalue weighted by molar-refractivity contribution is 6.35. The van der Waals surface area contributed by atoms with Crippen molar-refractivity contribution in [1.82, 2.24) is 0 Å². The molecule has 0 bridgehead atoms. The van der Waals surface area contributed by atoms with Crippen molar-refractivity contribution < 1.29 is 13.9 Å². The summed E-state index contributed by atoms with van der Waals surface area (Å²) < 4.78 is 18.0. The highest BCUT2D eigenvalue weighted by Crippen LogP contribution is 2.28. The molecule has 0 spiro atoms. The number of esters is 1. The van der Waals surface area contributed by atoms with Gasteiger partial charge in [-0.05, 0) is 38.0 Å². The summed E-state index contributed by atoms with van der Waals surface area (Å²) in [5.74, 6) is -0.744. The number of hydrogen-bond acceptors (Lipinski definition) is 4. The second-order valence-electron chi connectivity index (χ2n) is 4.05. The van der Waals surface area contributed by atoms with Crippen molar-refractivity contribution in [2.45, 2.75) is 20.3 Å². The molecule has 0 saturated heterocycles. The molecule has 0 atom stereocenters. The molecular weight excluding hydrogens is 235 g/mol. The molecule has 1 aromatic carbocycles. The predicted octanol–water partition coefficient (Wildman–Crippen LogP) is 2.13. The van der Waals surface area contributed by atoms with Crippen LogP contribution in [-0.2, 0) is 16.0 Å². The van der Waals surface area contributed by atoms with Gasteiger partial charge in [-0.1, -0.05) is 6.07 Å². The fourth-order valence-electron chi connectivity index (χ4n) is 1.90. The fourth-order valence-corrected chi connectivity index (χ4v) is 1.90. The lowest BCUT2D eigenvalue weighted by Crippen LogP contribution is -2.21. The quantitative estimate of drug-likeness (QED) is 0.609. The topological polar surface area (TPSA) is 41.9 Å². The lowest BCUT2D eigenvalue weighted by atomic mass is 10.2. The SMILES string of the molecule is CCOC(=O)/C(C)=N\N1CCc2ccc(F)cc21. The maximum atomic E-state index is 13.2. The van der Waals surface area contributed by atoms with Gasteiger partial charge in [0.15, 0.2) is 0 Å². The third-order valence-corrected chi connectivity index (χ3v) is 2.76. The Morgan fingerprint density at radius 3 is 3.06 bits per heavy atom. The number of ether oxygens (including phenoxy) is 1. The summed E-state index contributed by atoms with van der Waals surface area (Å²) in [7, 11) is 0. The van der Waals surface area contributed by atoms with E-state index in [1.165, 1.54) is 12.1 Å². The summed E-state index contributed by atoms with van der Waals surface area (Å²) in [6.07, 6.45) is 0.801. The molecule has 0 unspecified atom stereocenters. The van der Waals surface area contributed by atoms with Gasteiger partial charge in [0.2, 0.25) is 0 Å². The number of carbonyl (C=O) groups excluding carboxylic acids is 1. The van der Waals surface area contributed by atoms with E-state index in [0.717, 1.165) is 17.7 Å². The third-order valence-electron chi connectivity index (χ3n) is 2.76. The third kappa shape index (κ3) is 2.50. The summed E-state index contributed by atoms with van der Waals surface area (Å²) in [4.78, 5) is 11.5. The zero-order chi connectivity index (χ0) is 13.1. The summed E-state index contributed by atoms with van der Waals surface area (Å²) in [5, 5.41) is 5.83. The largest absolute Gasteiger partial charge is 0.461 e. The van der Waals surface area contributed by atoms with Gasteiger partial charge in [0.05, 0.1) is 12.3 Å². The fraction of sp³-hybridized carbons (Fsp3) is 0.385. The van der Waals surface area contributed by atoms with Crippen LogP contribution in [0, 0.1) is 5.82 Å². The molecule has 0 fully saturated rings. The highest BCUT2D eigenvalue weighted by Gasteiger charge is 2.20. The smallest absolute Gasteiger partial charge is 0.354 e. The molecule has 1 heterocycles. The minimum Gasteiger partial charge on any atom is -0.461 e. The van der Waals surface area contributed by atoms with Crippen LogP contribution in [0.25, 0.3) is 0 Å². The van der Waals surface area contributed by atoms with Crippen molar-refractivity contribution in [2.75, 3.05) is 18.2 Å². The molecule has 0 radical (unpaired) electrons. The van der Waals surface area contributed by atoms with E-state index in [4.69, 9.17) is 4.74 Å². The van der Waals surface area contributed by atoms with Gasteiger partial charge in [-0.2, -0.15) is 5.10 Å². The molecule has 0 amide bonds. The minimum absolute atomic E-state index is 0.272. The van der Waals surface area contributed by atoms with Crippen molar-refractivity contribution in [2.24, 2.45) is 5.10 Å². The van der Waals surface area contributed by atoms with E-state index in [9.17, 15) is 9.18 Å². The van der Waals surface area contributed by atoms with Gasteiger partial charge < -0.3 is 4.74 Å². The molecule has 5 heteroatoms. The van der Waals surface area contributed by atoms with Gasteiger partial charge in [-0.25, -0.2) is 9.18 Å². The number of rotatable bonds is 3. The predicted molar refractivity (Wildman–Crippen MR) is 67.2 cm³/mol. The average Bonchev–Trinajstić information content (AvgIpc) is 2.72. The molecule has 4 nitrogen and oxygen atoms in total. The van der Waals surface area contributed by atoms with Crippen molar-refractivity contribution >= 4 is 17.4 Å². The van der Waals surface area contributed by atoms with Crippen LogP contribution in [0.15, 0.2) is 23.3 Å². The van der Waals surface area contributed by atoms with Crippen molar-refractivity contribution in [1.29, 1.82) is 0 Å². The Bertz CT molecular complexity index is 500. The first kappa shape index (κ1) is 12.5. The zero-order valence-electron chi connectivity index (χ0n) is 10.4. The lowest BCUT2D eigenvalue weighted by Gasteiger charge is -2.13. The van der Waals surface area contributed by atoms with E-state index in [2.05, 4.69) is 5.10 Å². The monoisotopic (exact) mass is 250 g/mol. The second-order valence-corrected chi connectivity index (χ2v) is 4.05. The van der Waals surface area contributed by atoms with Crippen LogP contribution in [0.1, 0.15) is 19.4 Å². The van der Waals surface area contributed by atoms with E-state index in [0.29, 0.717) is 13.2 Å². The molecule has 1 aliphatic heterocycles. The van der Waals surface area contributed by atoms with E-state index >= 15 is 0 Å². The molecule has 0 saturated carbocycles. The Kier molecular flexibility index (Phi) is 3.60. The molecule has 96 valence electrons. The van der Waals surface area contributed by atoms with Gasteiger partial charge in [0, 0.05) is 6.54 Å². The van der Waals surface area contributed by atoms with Crippen molar-refractivity contribution in [3.05, 3.63) is 29.6 Å². The van der Waals surface area contributed by atoms with Gasteiger partial charge >= 0.3 is 5.97 Å². The van der Waals surface area contributed by atoms with Gasteiger partial charge in [-0.3, -0.25) is 5.01 Å². The molecule has 0 N–H and O–H groups in total. The molecule has 2 rings (SSSR count). The molecule has 18 heavy (non-hydrogen) atoms. The Labute approximate surface area is 105 Å². The van der Waals surface area contributed by atoms with Crippen molar-refractivity contribution in [3.63, 3.8) is 0 Å². The molecule has 1 aliphatic rings. The van der Waals surface area contributed by atoms with Crippen LogP contribution in [0.3, 0.4) is 0 Å². The van der Waals surface area contributed by atoms with Crippen LogP contribution in [-0.4, -0.2) is 24.8 Å². The highest BCUT2D eigenvalue weighted by atomic mass is 19.1. The number of halogens is 1. The first-order valence-corrected chi connectivity index (χ1v) is 5.90. The number of anilines is 1. The number of benzene rings is 1. The Morgan fingerprint density at radius 2 is 2.33 bits per heavy atom. The minimum atomic E-state index is -0.442. The number of hydrogen-bond donors (Lipinski definition) is 0. The first-order valence-electron chi connectivity index (χ1n) is 5.90. The Hall–Kier alpha value is -1.91. The summed E-state index contributed by atoms with van der Waals surface area (Å²) in [6.45, 7) is 4.30. The molecule has 0 aromatic heterocycles. The Morgan fingerprint density at radius 1 is 1.56 bits per heavy atom. The molecule has 1 aromatic rings. The Balaban J connectivity index is 2.21. The van der Waals surface area contributed by atoms with Gasteiger partial charge in [-0.15, -0.1) is 0 Å². The van der Waals surface area contributed by atoms with E-state index in [1.54, 1.807) is 24.9 Å². The molecular formula is C13H15FN2O2. The van der Waals surface area contributed by atoms with Crippen molar-refractivity contribution in [3.8, 4) is 0 Å². The van der Waals surface area contributed by atoms with E-state index in [-0.39, 0.29) is 11.5 Å². The maximum absolute atomic E-state index is 13.2. The summed E-state index contributed by atoms with van der Waals surface area (Å²) >= 11 is 0. The molecule has 0 aliphatic carbocycles. The summed E-state index contributed by atoms with van der Waals surface area (Å²) in [6, 6.07) is 4.62. The summed E-state index contributed by atoms with van der Waals surface area (Å²) in [5.41, 5.74) is 2.03. The maximum Gasteiger partial charge on any atom is 0.354 e. The van der Waals surface area contributed by atoms with Gasteiger partial charge in [0.25, 0.3) is 0 Å². The van der Waals surface area contributed by atoms with E-state index in [1.807, 2.05) is 0 Å². The number of hydrazone groups is 1. The van der Waals surface area contributed by atoms with Crippen LogP contribution in [0.4, 0.5) is 10.1 Å². The van der Waals surface area contributed by atoms with Crippen LogP contribution >= 0.6 is 0 Å². The van der Waals surface area contributed by atoms with Gasteiger partial charge in [0.1, 0.15) is 11.5 Å².